The van der Waals surface area contributed by atoms with Gasteiger partial charge in [-0.15, -0.1) is 5.10 Å². The molecule has 2 heterocycles. The minimum absolute atomic E-state index is 0.0990. The molecule has 0 N–H and O–H groups in total. The number of thioether (sulfide) groups is 1. The molecule has 1 aliphatic rings. The first kappa shape index (κ1) is 20.7. The maximum absolute atomic E-state index is 13.7. The molecule has 1 aliphatic carbocycles. The molecule has 2 aromatic heterocycles. The molecule has 3 aromatic rings. The van der Waals surface area contributed by atoms with E-state index in [1.54, 1.807) is 16.0 Å². The average Bonchev–Trinajstić information content (AvgIpc) is 3.04. The van der Waals surface area contributed by atoms with E-state index >= 15 is 0 Å². The number of carbonyl (C=O) groups is 1. The van der Waals surface area contributed by atoms with E-state index in [-0.39, 0.29) is 22.7 Å². The number of hydrogen-bond donors (Lipinski definition) is 0. The number of esters is 1. The Morgan fingerprint density at radius 2 is 2.03 bits per heavy atom. The smallest absolute Gasteiger partial charge is 0.316 e. The fourth-order valence-corrected chi connectivity index (χ4v) is 4.88. The number of carbonyl (C=O) groups excluding carboxylic acids is 1. The molecular weight excluding hydrogens is 400 g/mol. The Kier molecular flexibility index (Phi) is 5.44. The molecule has 0 spiro atoms. The Bertz CT molecular complexity index is 1180. The highest BCUT2D eigenvalue weighted by Gasteiger charge is 2.36. The Morgan fingerprint density at radius 3 is 2.77 bits per heavy atom. The first-order valence-electron chi connectivity index (χ1n) is 10.3. The molecule has 1 aromatic carbocycles. The molecule has 0 radical (unpaired) electrons. The lowest BCUT2D eigenvalue weighted by Crippen LogP contribution is -2.36. The lowest BCUT2D eigenvalue weighted by Gasteiger charge is -2.32. The van der Waals surface area contributed by atoms with Crippen LogP contribution in [0.3, 0.4) is 0 Å². The number of fused-ring (bicyclic) bond motifs is 4. The van der Waals surface area contributed by atoms with Crippen LogP contribution in [-0.4, -0.2) is 37.5 Å². The topological polar surface area (TPSA) is 78.5 Å². The summed E-state index contributed by atoms with van der Waals surface area (Å²) in [5, 5.41) is 5.09. The van der Waals surface area contributed by atoms with Gasteiger partial charge in [-0.3, -0.25) is 9.59 Å². The van der Waals surface area contributed by atoms with Gasteiger partial charge in [0.05, 0.1) is 23.6 Å². The van der Waals surface area contributed by atoms with Crippen molar-refractivity contribution in [3.8, 4) is 11.3 Å². The van der Waals surface area contributed by atoms with Crippen molar-refractivity contribution in [2.24, 2.45) is 0 Å². The van der Waals surface area contributed by atoms with E-state index in [0.29, 0.717) is 29.6 Å². The number of nitrogens with zero attached hydrogens (tertiary/aromatic N) is 4. The van der Waals surface area contributed by atoms with E-state index in [1.165, 1.54) is 17.3 Å². The van der Waals surface area contributed by atoms with Gasteiger partial charge in [-0.2, -0.15) is 0 Å². The molecule has 0 saturated carbocycles. The van der Waals surface area contributed by atoms with Crippen molar-refractivity contribution >= 4 is 23.5 Å². The van der Waals surface area contributed by atoms with Crippen molar-refractivity contribution in [3.63, 3.8) is 0 Å². The summed E-state index contributed by atoms with van der Waals surface area (Å²) >= 11 is 1.21. The molecule has 158 valence electrons. The van der Waals surface area contributed by atoms with Crippen LogP contribution in [0.15, 0.2) is 34.2 Å². The quantitative estimate of drug-likeness (QED) is 0.444. The summed E-state index contributed by atoms with van der Waals surface area (Å²) in [7, 11) is 0. The molecule has 4 rings (SSSR count). The molecular formula is C22H26N4O3S. The van der Waals surface area contributed by atoms with Crippen molar-refractivity contribution in [2.75, 3.05) is 12.4 Å². The van der Waals surface area contributed by atoms with Crippen LogP contribution in [-0.2, 0) is 27.9 Å². The predicted molar refractivity (Wildman–Crippen MR) is 117 cm³/mol. The van der Waals surface area contributed by atoms with Gasteiger partial charge in [-0.05, 0) is 25.3 Å². The Labute approximate surface area is 179 Å². The number of rotatable bonds is 6. The van der Waals surface area contributed by atoms with Crippen LogP contribution in [0.1, 0.15) is 45.2 Å². The predicted octanol–water partition coefficient (Wildman–Crippen LogP) is 3.46. The molecule has 30 heavy (non-hydrogen) atoms. The van der Waals surface area contributed by atoms with Crippen molar-refractivity contribution < 1.29 is 9.53 Å². The second-order valence-electron chi connectivity index (χ2n) is 8.09. The minimum Gasteiger partial charge on any atom is -0.465 e. The fraction of sp³-hybridized carbons (Fsp3) is 0.455. The largest absolute Gasteiger partial charge is 0.465 e. The van der Waals surface area contributed by atoms with Crippen molar-refractivity contribution in [1.29, 1.82) is 0 Å². The maximum atomic E-state index is 13.7. The normalized spacial score (nSPS) is 14.4. The zero-order chi connectivity index (χ0) is 21.5. The molecule has 7 nitrogen and oxygen atoms in total. The van der Waals surface area contributed by atoms with E-state index < -0.39 is 0 Å². The van der Waals surface area contributed by atoms with E-state index in [4.69, 9.17) is 9.72 Å². The van der Waals surface area contributed by atoms with E-state index in [2.05, 4.69) is 31.9 Å². The van der Waals surface area contributed by atoms with Gasteiger partial charge >= 0.3 is 5.97 Å². The number of aryl methyl sites for hydroxylation is 1. The fourth-order valence-electron chi connectivity index (χ4n) is 4.10. The summed E-state index contributed by atoms with van der Waals surface area (Å²) in [5.74, 6) is 0.287. The minimum atomic E-state index is -0.356. The van der Waals surface area contributed by atoms with Crippen LogP contribution in [0.2, 0.25) is 0 Å². The second-order valence-corrected chi connectivity index (χ2v) is 9.04. The molecule has 8 heteroatoms. The van der Waals surface area contributed by atoms with E-state index in [1.807, 2.05) is 18.2 Å². The Hall–Kier alpha value is -2.61. The van der Waals surface area contributed by atoms with Crippen molar-refractivity contribution in [2.45, 2.75) is 57.7 Å². The van der Waals surface area contributed by atoms with Gasteiger partial charge in [0.25, 0.3) is 5.56 Å². The third-order valence-electron chi connectivity index (χ3n) is 5.34. The van der Waals surface area contributed by atoms with Crippen LogP contribution in [0.4, 0.5) is 0 Å². The number of ether oxygens (including phenoxy) is 1. The lowest BCUT2D eigenvalue weighted by molar-refractivity contribution is -0.139. The summed E-state index contributed by atoms with van der Waals surface area (Å²) in [5.41, 5.74) is 3.19. The summed E-state index contributed by atoms with van der Waals surface area (Å²) in [6.07, 6.45) is 1.63. The summed E-state index contributed by atoms with van der Waals surface area (Å²) < 4.78 is 8.35. The van der Waals surface area contributed by atoms with Crippen LogP contribution >= 0.6 is 11.8 Å². The van der Waals surface area contributed by atoms with Gasteiger partial charge < -0.3 is 4.74 Å². The Morgan fingerprint density at radius 1 is 1.27 bits per heavy atom. The highest BCUT2D eigenvalue weighted by molar-refractivity contribution is 7.99. The zero-order valence-corrected chi connectivity index (χ0v) is 18.6. The highest BCUT2D eigenvalue weighted by atomic mass is 32.2. The van der Waals surface area contributed by atoms with Gasteiger partial charge in [-0.25, -0.2) is 14.1 Å². The standard InChI is InChI=1S/C22H26N4O3S/c1-5-11-25-20-23-18-15-10-8-7-9-14(15)12-22(3,4)17(18)19(28)26(20)21(24-25)30-13-16(27)29-6-2/h7-10H,5-6,11-13H2,1-4H3. The van der Waals surface area contributed by atoms with Crippen LogP contribution < -0.4 is 5.56 Å². The average molecular weight is 427 g/mol. The number of hydrogen-bond acceptors (Lipinski definition) is 6. The van der Waals surface area contributed by atoms with Gasteiger partial charge in [0, 0.05) is 17.5 Å². The summed E-state index contributed by atoms with van der Waals surface area (Å²) in [6, 6.07) is 8.14. The zero-order valence-electron chi connectivity index (χ0n) is 17.8. The first-order chi connectivity index (χ1) is 14.4. The highest BCUT2D eigenvalue weighted by Crippen LogP contribution is 2.40. The molecule has 0 atom stereocenters. The van der Waals surface area contributed by atoms with Gasteiger partial charge in [0.15, 0.2) is 5.16 Å². The van der Waals surface area contributed by atoms with E-state index in [0.717, 1.165) is 24.1 Å². The van der Waals surface area contributed by atoms with Crippen molar-refractivity contribution in [1.82, 2.24) is 19.2 Å². The molecule has 0 saturated heterocycles. The van der Waals surface area contributed by atoms with Crippen molar-refractivity contribution in [3.05, 3.63) is 45.7 Å². The van der Waals surface area contributed by atoms with Gasteiger partial charge in [0.2, 0.25) is 5.78 Å². The van der Waals surface area contributed by atoms with Gasteiger partial charge in [0.1, 0.15) is 0 Å². The number of benzene rings is 1. The van der Waals surface area contributed by atoms with Crippen LogP contribution in [0, 0.1) is 0 Å². The van der Waals surface area contributed by atoms with Gasteiger partial charge in [-0.1, -0.05) is 56.8 Å². The van der Waals surface area contributed by atoms with E-state index in [9.17, 15) is 9.59 Å². The maximum Gasteiger partial charge on any atom is 0.316 e. The third-order valence-corrected chi connectivity index (χ3v) is 6.24. The third kappa shape index (κ3) is 3.43. The van der Waals surface area contributed by atoms with Crippen LogP contribution in [0.5, 0.6) is 0 Å². The first-order valence-corrected chi connectivity index (χ1v) is 11.3. The number of aromatic nitrogens is 4. The summed E-state index contributed by atoms with van der Waals surface area (Å²) in [6.45, 7) is 8.96. The molecule has 0 fully saturated rings. The lowest BCUT2D eigenvalue weighted by atomic mass is 9.72. The molecule has 0 unspecified atom stereocenters. The SMILES string of the molecule is CCCn1nc(SCC(=O)OCC)n2c(=O)c3c(nc12)-c1ccccc1CC3(C)C. The second kappa shape index (κ2) is 7.91. The Balaban J connectivity index is 1.94. The molecule has 0 aliphatic heterocycles. The monoisotopic (exact) mass is 426 g/mol. The molecule has 0 amide bonds. The molecule has 0 bridgehead atoms. The van der Waals surface area contributed by atoms with Crippen LogP contribution in [0.25, 0.3) is 17.0 Å². The summed E-state index contributed by atoms with van der Waals surface area (Å²) in [4.78, 5) is 30.6.